The summed E-state index contributed by atoms with van der Waals surface area (Å²) < 4.78 is 0. The first kappa shape index (κ1) is 11.4. The summed E-state index contributed by atoms with van der Waals surface area (Å²) in [6, 6.07) is 5.65. The molecule has 1 aliphatic heterocycles. The molecule has 1 aromatic carbocycles. The highest BCUT2D eigenvalue weighted by Crippen LogP contribution is 2.23. The molecule has 0 bridgehead atoms. The van der Waals surface area contributed by atoms with Crippen LogP contribution in [0, 0.1) is 0 Å². The minimum absolute atomic E-state index is 0.158. The Kier molecular flexibility index (Phi) is 2.91. The van der Waals surface area contributed by atoms with Crippen LogP contribution in [0.5, 0.6) is 5.75 Å². The zero-order valence-electron chi connectivity index (χ0n) is 10.0. The molecular weight excluding hydrogens is 200 g/mol. The highest BCUT2D eigenvalue weighted by atomic mass is 16.3. The fraction of sp³-hybridized carbons (Fsp3) is 0.538. The van der Waals surface area contributed by atoms with E-state index in [-0.39, 0.29) is 5.54 Å². The lowest BCUT2D eigenvalue weighted by atomic mass is 9.97. The molecule has 0 amide bonds. The number of fused-ring (bicyclic) bond motifs is 1. The van der Waals surface area contributed by atoms with E-state index in [0.29, 0.717) is 5.75 Å². The zero-order chi connectivity index (χ0) is 11.8. The summed E-state index contributed by atoms with van der Waals surface area (Å²) in [5, 5.41) is 9.46. The van der Waals surface area contributed by atoms with E-state index < -0.39 is 0 Å². The quantitative estimate of drug-likeness (QED) is 0.794. The largest absolute Gasteiger partial charge is 0.508 e. The van der Waals surface area contributed by atoms with E-state index in [1.165, 1.54) is 11.1 Å². The summed E-state index contributed by atoms with van der Waals surface area (Å²) in [6.45, 7) is 6.93. The van der Waals surface area contributed by atoms with Gasteiger partial charge < -0.3 is 10.8 Å². The van der Waals surface area contributed by atoms with Crippen LogP contribution in [0.1, 0.15) is 25.0 Å². The Balaban J connectivity index is 2.11. The van der Waals surface area contributed by atoms with Gasteiger partial charge in [-0.05, 0) is 43.5 Å². The van der Waals surface area contributed by atoms with E-state index in [0.717, 1.165) is 26.1 Å². The number of hydrogen-bond donors (Lipinski definition) is 2. The van der Waals surface area contributed by atoms with Crippen molar-refractivity contribution in [3.8, 4) is 5.75 Å². The van der Waals surface area contributed by atoms with Crippen molar-refractivity contribution in [3.05, 3.63) is 29.3 Å². The van der Waals surface area contributed by atoms with Gasteiger partial charge in [-0.2, -0.15) is 0 Å². The van der Waals surface area contributed by atoms with Crippen LogP contribution in [-0.2, 0) is 13.0 Å². The molecule has 0 radical (unpaired) electrons. The second kappa shape index (κ2) is 4.07. The molecule has 0 saturated heterocycles. The van der Waals surface area contributed by atoms with E-state index in [1.54, 1.807) is 6.07 Å². The summed E-state index contributed by atoms with van der Waals surface area (Å²) in [5.41, 5.74) is 8.45. The van der Waals surface area contributed by atoms with Gasteiger partial charge >= 0.3 is 0 Å². The second-order valence-corrected chi connectivity index (χ2v) is 5.40. The predicted octanol–water partition coefficient (Wildman–Crippen LogP) is 1.49. The number of rotatable bonds is 2. The third kappa shape index (κ3) is 2.74. The third-order valence-electron chi connectivity index (χ3n) is 2.91. The number of phenols is 1. The second-order valence-electron chi connectivity index (χ2n) is 5.40. The van der Waals surface area contributed by atoms with Gasteiger partial charge in [0.15, 0.2) is 0 Å². The topological polar surface area (TPSA) is 49.5 Å². The molecule has 0 unspecified atom stereocenters. The maximum Gasteiger partial charge on any atom is 0.115 e. The summed E-state index contributed by atoms with van der Waals surface area (Å²) in [4.78, 5) is 2.35. The normalized spacial score (nSPS) is 17.2. The Morgan fingerprint density at radius 3 is 2.81 bits per heavy atom. The van der Waals surface area contributed by atoms with Gasteiger partial charge in [0.25, 0.3) is 0 Å². The van der Waals surface area contributed by atoms with Gasteiger partial charge in [0, 0.05) is 25.2 Å². The minimum Gasteiger partial charge on any atom is -0.508 e. The molecule has 3 nitrogen and oxygen atoms in total. The van der Waals surface area contributed by atoms with Crippen molar-refractivity contribution in [1.82, 2.24) is 4.90 Å². The number of hydrogen-bond acceptors (Lipinski definition) is 3. The maximum absolute atomic E-state index is 9.46. The zero-order valence-corrected chi connectivity index (χ0v) is 10.0. The van der Waals surface area contributed by atoms with E-state index in [2.05, 4.69) is 4.90 Å². The van der Waals surface area contributed by atoms with Crippen molar-refractivity contribution in [2.45, 2.75) is 32.4 Å². The Morgan fingerprint density at radius 2 is 2.12 bits per heavy atom. The SMILES string of the molecule is CC(C)(N)CN1CCc2ccc(O)cc2C1. The van der Waals surface area contributed by atoms with Gasteiger partial charge in [-0.25, -0.2) is 0 Å². The molecule has 0 aromatic heterocycles. The van der Waals surface area contributed by atoms with Crippen molar-refractivity contribution < 1.29 is 5.11 Å². The molecule has 0 atom stereocenters. The van der Waals surface area contributed by atoms with Crippen LogP contribution in [0.25, 0.3) is 0 Å². The van der Waals surface area contributed by atoms with Crippen molar-refractivity contribution >= 4 is 0 Å². The smallest absolute Gasteiger partial charge is 0.115 e. The van der Waals surface area contributed by atoms with Crippen LogP contribution in [0.3, 0.4) is 0 Å². The van der Waals surface area contributed by atoms with Gasteiger partial charge in [0.1, 0.15) is 5.75 Å². The van der Waals surface area contributed by atoms with Crippen LogP contribution in [0.2, 0.25) is 0 Å². The van der Waals surface area contributed by atoms with Crippen LogP contribution >= 0.6 is 0 Å². The van der Waals surface area contributed by atoms with E-state index in [4.69, 9.17) is 5.73 Å². The van der Waals surface area contributed by atoms with Crippen LogP contribution in [0.4, 0.5) is 0 Å². The Bertz CT molecular complexity index is 382. The highest BCUT2D eigenvalue weighted by Gasteiger charge is 2.21. The molecule has 88 valence electrons. The number of phenolic OH excluding ortho intramolecular Hbond substituents is 1. The number of benzene rings is 1. The summed E-state index contributed by atoms with van der Waals surface area (Å²) in [6.07, 6.45) is 1.05. The van der Waals surface area contributed by atoms with Crippen molar-refractivity contribution in [3.63, 3.8) is 0 Å². The number of aromatic hydroxyl groups is 1. The van der Waals surface area contributed by atoms with Gasteiger partial charge in [-0.3, -0.25) is 4.90 Å². The van der Waals surface area contributed by atoms with Crippen molar-refractivity contribution in [2.24, 2.45) is 5.73 Å². The van der Waals surface area contributed by atoms with E-state index in [1.807, 2.05) is 26.0 Å². The number of nitrogens with zero attached hydrogens (tertiary/aromatic N) is 1. The summed E-state index contributed by atoms with van der Waals surface area (Å²) in [5.74, 6) is 0.354. The Hall–Kier alpha value is -1.06. The first-order chi connectivity index (χ1) is 7.44. The van der Waals surface area contributed by atoms with Crippen LogP contribution in [0.15, 0.2) is 18.2 Å². The number of nitrogens with two attached hydrogens (primary N) is 1. The molecule has 0 saturated carbocycles. The molecule has 3 heteroatoms. The van der Waals surface area contributed by atoms with Crippen LogP contribution in [-0.4, -0.2) is 28.6 Å². The molecular formula is C13H20N2O. The molecule has 2 rings (SSSR count). The molecule has 1 aromatic rings. The Morgan fingerprint density at radius 1 is 1.38 bits per heavy atom. The molecule has 0 spiro atoms. The average Bonchev–Trinajstić information content (AvgIpc) is 2.14. The van der Waals surface area contributed by atoms with Gasteiger partial charge in [0.05, 0.1) is 0 Å². The first-order valence-electron chi connectivity index (χ1n) is 5.76. The van der Waals surface area contributed by atoms with E-state index >= 15 is 0 Å². The van der Waals surface area contributed by atoms with E-state index in [9.17, 15) is 5.11 Å². The molecule has 16 heavy (non-hydrogen) atoms. The van der Waals surface area contributed by atoms with Gasteiger partial charge in [0.2, 0.25) is 0 Å². The van der Waals surface area contributed by atoms with Gasteiger partial charge in [-0.15, -0.1) is 0 Å². The maximum atomic E-state index is 9.46. The lowest BCUT2D eigenvalue weighted by molar-refractivity contribution is 0.209. The molecule has 1 aliphatic rings. The highest BCUT2D eigenvalue weighted by molar-refractivity contribution is 5.36. The molecule has 0 fully saturated rings. The first-order valence-corrected chi connectivity index (χ1v) is 5.76. The molecule has 0 aliphatic carbocycles. The van der Waals surface area contributed by atoms with Gasteiger partial charge in [-0.1, -0.05) is 6.07 Å². The predicted molar refractivity (Wildman–Crippen MR) is 65.4 cm³/mol. The standard InChI is InChI=1S/C13H20N2O/c1-13(2,14)9-15-6-5-10-3-4-12(16)7-11(10)8-15/h3-4,7,16H,5-6,8-9,14H2,1-2H3. The average molecular weight is 220 g/mol. The third-order valence-corrected chi connectivity index (χ3v) is 2.91. The van der Waals surface area contributed by atoms with Crippen molar-refractivity contribution in [1.29, 1.82) is 0 Å². The summed E-state index contributed by atoms with van der Waals surface area (Å²) in [7, 11) is 0. The molecule has 3 N–H and O–H groups in total. The lowest BCUT2D eigenvalue weighted by Gasteiger charge is -2.33. The Labute approximate surface area is 96.9 Å². The monoisotopic (exact) mass is 220 g/mol. The fourth-order valence-electron chi connectivity index (χ4n) is 2.31. The molecule has 1 heterocycles. The minimum atomic E-state index is -0.158. The fourth-order valence-corrected chi connectivity index (χ4v) is 2.31. The summed E-state index contributed by atoms with van der Waals surface area (Å²) >= 11 is 0. The van der Waals surface area contributed by atoms with Crippen LogP contribution < -0.4 is 5.73 Å². The lowest BCUT2D eigenvalue weighted by Crippen LogP contribution is -2.46. The van der Waals surface area contributed by atoms with Crippen molar-refractivity contribution in [2.75, 3.05) is 13.1 Å².